The molecule has 0 aliphatic heterocycles. The number of amides is 1. The van der Waals surface area contributed by atoms with Crippen LogP contribution in [-0.4, -0.2) is 27.0 Å². The van der Waals surface area contributed by atoms with Gasteiger partial charge in [0.15, 0.2) is 6.61 Å². The van der Waals surface area contributed by atoms with Crippen LogP contribution >= 0.6 is 0 Å². The molecule has 2 N–H and O–H groups in total. The van der Waals surface area contributed by atoms with E-state index in [1.165, 1.54) is 12.1 Å². The van der Waals surface area contributed by atoms with Gasteiger partial charge in [0.25, 0.3) is 5.91 Å². The van der Waals surface area contributed by atoms with Crippen molar-refractivity contribution >= 4 is 15.9 Å². The molecule has 0 aromatic heterocycles. The fraction of sp³-hybridized carbons (Fsp3) is 0.381. The van der Waals surface area contributed by atoms with Crippen LogP contribution in [0.3, 0.4) is 0 Å². The van der Waals surface area contributed by atoms with Gasteiger partial charge in [-0.1, -0.05) is 43.2 Å². The van der Waals surface area contributed by atoms with E-state index in [0.29, 0.717) is 5.75 Å². The van der Waals surface area contributed by atoms with Crippen LogP contribution in [-0.2, 0) is 14.8 Å². The largest absolute Gasteiger partial charge is 0.484 e. The molecule has 0 radical (unpaired) electrons. The first-order valence-electron chi connectivity index (χ1n) is 9.53. The number of nitrogens with one attached hydrogen (secondary N) is 2. The number of hydrogen-bond donors (Lipinski definition) is 2. The second kappa shape index (κ2) is 9.21. The third kappa shape index (κ3) is 5.56. The van der Waals surface area contributed by atoms with Crippen molar-refractivity contribution in [2.75, 3.05) is 6.61 Å². The lowest BCUT2D eigenvalue weighted by Crippen LogP contribution is -2.36. The van der Waals surface area contributed by atoms with Crippen LogP contribution < -0.4 is 14.8 Å². The highest BCUT2D eigenvalue weighted by Gasteiger charge is 2.19. The van der Waals surface area contributed by atoms with E-state index in [0.717, 1.165) is 31.2 Å². The summed E-state index contributed by atoms with van der Waals surface area (Å²) in [6.07, 6.45) is 4.34. The molecule has 1 unspecified atom stereocenters. The number of rotatable bonds is 8. The molecule has 1 atom stereocenters. The molecule has 1 fully saturated rings. The monoisotopic (exact) mass is 402 g/mol. The van der Waals surface area contributed by atoms with E-state index in [9.17, 15) is 13.2 Å². The molecule has 0 heterocycles. The lowest BCUT2D eigenvalue weighted by molar-refractivity contribution is -0.123. The minimum Gasteiger partial charge on any atom is -0.484 e. The van der Waals surface area contributed by atoms with Gasteiger partial charge in [0.2, 0.25) is 10.0 Å². The number of carbonyl (C=O) groups is 1. The zero-order valence-electron chi connectivity index (χ0n) is 15.9. The highest BCUT2D eigenvalue weighted by atomic mass is 32.2. The molecule has 2 aromatic carbocycles. The summed E-state index contributed by atoms with van der Waals surface area (Å²) in [5.41, 5.74) is 0.888. The molecule has 0 bridgehead atoms. The Hall–Kier alpha value is -2.38. The summed E-state index contributed by atoms with van der Waals surface area (Å²) in [6, 6.07) is 15.4. The van der Waals surface area contributed by atoms with E-state index in [2.05, 4.69) is 10.0 Å². The molecule has 1 aliphatic rings. The summed E-state index contributed by atoms with van der Waals surface area (Å²) in [7, 11) is -3.66. The Balaban J connectivity index is 1.54. The molecule has 1 aliphatic carbocycles. The van der Waals surface area contributed by atoms with E-state index < -0.39 is 10.0 Å². The Morgan fingerprint density at radius 3 is 2.36 bits per heavy atom. The fourth-order valence-corrected chi connectivity index (χ4v) is 4.55. The predicted octanol–water partition coefficient (Wildman–Crippen LogP) is 3.16. The number of ether oxygens (including phenoxy) is 1. The van der Waals surface area contributed by atoms with Crippen LogP contribution in [0.25, 0.3) is 0 Å². The smallest absolute Gasteiger partial charge is 0.258 e. The van der Waals surface area contributed by atoms with Gasteiger partial charge in [-0.05, 0) is 49.6 Å². The van der Waals surface area contributed by atoms with E-state index in [1.54, 1.807) is 19.1 Å². The molecular weight excluding hydrogens is 376 g/mol. The Bertz CT molecular complexity index is 876. The molecule has 150 valence electrons. The Labute approximate surface area is 166 Å². The molecular formula is C21H26N2O4S. The van der Waals surface area contributed by atoms with Crippen molar-refractivity contribution in [1.82, 2.24) is 10.0 Å². The maximum Gasteiger partial charge on any atom is 0.258 e. The minimum absolute atomic E-state index is 0.0775. The first kappa shape index (κ1) is 20.4. The van der Waals surface area contributed by atoms with Gasteiger partial charge in [-0.25, -0.2) is 13.1 Å². The van der Waals surface area contributed by atoms with E-state index in [-0.39, 0.29) is 29.5 Å². The molecule has 0 spiro atoms. The molecule has 3 rings (SSSR count). The van der Waals surface area contributed by atoms with Gasteiger partial charge in [-0.15, -0.1) is 0 Å². The van der Waals surface area contributed by atoms with Crippen molar-refractivity contribution in [3.8, 4) is 5.75 Å². The van der Waals surface area contributed by atoms with Crippen LogP contribution in [0, 0.1) is 0 Å². The first-order valence-corrected chi connectivity index (χ1v) is 11.0. The first-order chi connectivity index (χ1) is 13.4. The number of hydrogen-bond acceptors (Lipinski definition) is 4. The standard InChI is InChI=1S/C21H26N2O4S/c1-16(17-7-3-2-4-8-17)23-28(25,26)20-13-11-19(12-14-20)27-15-21(24)22-18-9-5-6-10-18/h2-4,7-8,11-14,16,18,23H,5-6,9-10,15H2,1H3,(H,22,24). The van der Waals surface area contributed by atoms with Crippen LogP contribution in [0.5, 0.6) is 5.75 Å². The van der Waals surface area contributed by atoms with Crippen LogP contribution in [0.15, 0.2) is 59.5 Å². The SMILES string of the molecule is CC(NS(=O)(=O)c1ccc(OCC(=O)NC2CCCC2)cc1)c1ccccc1. The van der Waals surface area contributed by atoms with Gasteiger partial charge in [-0.3, -0.25) is 4.79 Å². The summed E-state index contributed by atoms with van der Waals surface area (Å²) >= 11 is 0. The minimum atomic E-state index is -3.66. The van der Waals surface area contributed by atoms with Crippen LogP contribution in [0.4, 0.5) is 0 Å². The average molecular weight is 403 g/mol. The molecule has 28 heavy (non-hydrogen) atoms. The maximum absolute atomic E-state index is 12.6. The van der Waals surface area contributed by atoms with Gasteiger partial charge in [0.1, 0.15) is 5.75 Å². The normalized spacial score (nSPS) is 15.9. The molecule has 1 amide bonds. The predicted molar refractivity (Wildman–Crippen MR) is 108 cm³/mol. The van der Waals surface area contributed by atoms with Gasteiger partial charge < -0.3 is 10.1 Å². The van der Waals surface area contributed by atoms with Crippen LogP contribution in [0.2, 0.25) is 0 Å². The average Bonchev–Trinajstić information content (AvgIpc) is 3.20. The summed E-state index contributed by atoms with van der Waals surface area (Å²) in [6.45, 7) is 1.72. The molecule has 1 saturated carbocycles. The highest BCUT2D eigenvalue weighted by molar-refractivity contribution is 7.89. The molecule has 7 heteroatoms. The van der Waals surface area contributed by atoms with Gasteiger partial charge in [0.05, 0.1) is 4.90 Å². The fourth-order valence-electron chi connectivity index (χ4n) is 3.31. The topological polar surface area (TPSA) is 84.5 Å². The number of carbonyl (C=O) groups excluding carboxylic acids is 1. The number of sulfonamides is 1. The van der Waals surface area contributed by atoms with Crippen molar-refractivity contribution in [1.29, 1.82) is 0 Å². The zero-order chi connectivity index (χ0) is 20.0. The van der Waals surface area contributed by atoms with Crippen molar-refractivity contribution in [3.05, 3.63) is 60.2 Å². The van der Waals surface area contributed by atoms with Crippen molar-refractivity contribution < 1.29 is 17.9 Å². The van der Waals surface area contributed by atoms with E-state index in [1.807, 2.05) is 30.3 Å². The van der Waals surface area contributed by atoms with Crippen molar-refractivity contribution in [3.63, 3.8) is 0 Å². The summed E-state index contributed by atoms with van der Waals surface area (Å²) in [4.78, 5) is 12.1. The lowest BCUT2D eigenvalue weighted by Gasteiger charge is -2.15. The summed E-state index contributed by atoms with van der Waals surface area (Å²) < 4.78 is 33.3. The molecule has 0 saturated heterocycles. The third-order valence-corrected chi connectivity index (χ3v) is 6.41. The Morgan fingerprint density at radius 2 is 1.71 bits per heavy atom. The Morgan fingerprint density at radius 1 is 1.07 bits per heavy atom. The maximum atomic E-state index is 12.6. The van der Waals surface area contributed by atoms with Crippen molar-refractivity contribution in [2.45, 2.75) is 49.6 Å². The zero-order valence-corrected chi connectivity index (χ0v) is 16.7. The third-order valence-electron chi connectivity index (χ3n) is 4.86. The summed E-state index contributed by atoms with van der Waals surface area (Å²) in [5, 5.41) is 2.95. The second-order valence-electron chi connectivity index (χ2n) is 7.06. The van der Waals surface area contributed by atoms with Gasteiger partial charge in [-0.2, -0.15) is 0 Å². The van der Waals surface area contributed by atoms with E-state index in [4.69, 9.17) is 4.74 Å². The van der Waals surface area contributed by atoms with Gasteiger partial charge in [0, 0.05) is 12.1 Å². The van der Waals surface area contributed by atoms with Crippen LogP contribution in [0.1, 0.15) is 44.2 Å². The van der Waals surface area contributed by atoms with Crippen molar-refractivity contribution in [2.24, 2.45) is 0 Å². The quantitative estimate of drug-likeness (QED) is 0.710. The summed E-state index contributed by atoms with van der Waals surface area (Å²) in [5.74, 6) is 0.304. The highest BCUT2D eigenvalue weighted by Crippen LogP contribution is 2.20. The second-order valence-corrected chi connectivity index (χ2v) is 8.78. The number of benzene rings is 2. The van der Waals surface area contributed by atoms with E-state index >= 15 is 0 Å². The van der Waals surface area contributed by atoms with Gasteiger partial charge >= 0.3 is 0 Å². The lowest BCUT2D eigenvalue weighted by atomic mass is 10.1. The molecule has 6 nitrogen and oxygen atoms in total. The Kier molecular flexibility index (Phi) is 6.70. The molecule has 2 aromatic rings.